The van der Waals surface area contributed by atoms with E-state index in [2.05, 4.69) is 17.4 Å². The molecule has 1 atom stereocenters. The van der Waals surface area contributed by atoms with E-state index in [4.69, 9.17) is 9.47 Å². The van der Waals surface area contributed by atoms with Crippen LogP contribution in [0.1, 0.15) is 30.9 Å². The molecule has 92 valence electrons. The van der Waals surface area contributed by atoms with E-state index in [1.807, 2.05) is 13.1 Å². The highest BCUT2D eigenvalue weighted by Gasteiger charge is 2.26. The summed E-state index contributed by atoms with van der Waals surface area (Å²) in [7, 11) is 2.03. The van der Waals surface area contributed by atoms with Gasteiger partial charge in [0.25, 0.3) is 0 Å². The van der Waals surface area contributed by atoms with Crippen molar-refractivity contribution in [3.05, 3.63) is 23.8 Å². The van der Waals surface area contributed by atoms with E-state index in [1.165, 1.54) is 24.8 Å². The molecule has 1 aliphatic heterocycles. The molecule has 2 aliphatic rings. The largest absolute Gasteiger partial charge is 0.486 e. The summed E-state index contributed by atoms with van der Waals surface area (Å²) in [5, 5.41) is 3.40. The SMILES string of the molecule is CNC(CC1CC1)c1ccc2c(c1)OCCO2. The minimum Gasteiger partial charge on any atom is -0.486 e. The zero-order chi connectivity index (χ0) is 11.7. The average molecular weight is 233 g/mol. The Morgan fingerprint density at radius 1 is 1.24 bits per heavy atom. The van der Waals surface area contributed by atoms with Crippen LogP contribution in [-0.4, -0.2) is 20.3 Å². The van der Waals surface area contributed by atoms with E-state index >= 15 is 0 Å². The number of fused-ring (bicyclic) bond motifs is 1. The van der Waals surface area contributed by atoms with Gasteiger partial charge >= 0.3 is 0 Å². The van der Waals surface area contributed by atoms with Gasteiger partial charge in [-0.2, -0.15) is 0 Å². The van der Waals surface area contributed by atoms with Crippen LogP contribution in [0.4, 0.5) is 0 Å². The third-order valence-corrected chi connectivity index (χ3v) is 3.58. The van der Waals surface area contributed by atoms with Crippen molar-refractivity contribution < 1.29 is 9.47 Å². The summed E-state index contributed by atoms with van der Waals surface area (Å²) < 4.78 is 11.2. The molecule has 1 fully saturated rings. The van der Waals surface area contributed by atoms with Gasteiger partial charge in [-0.25, -0.2) is 0 Å². The van der Waals surface area contributed by atoms with Gasteiger partial charge in [0.15, 0.2) is 11.5 Å². The predicted molar refractivity (Wildman–Crippen MR) is 66.6 cm³/mol. The van der Waals surface area contributed by atoms with Crippen LogP contribution < -0.4 is 14.8 Å². The first-order chi connectivity index (χ1) is 8.36. The number of rotatable bonds is 4. The van der Waals surface area contributed by atoms with Crippen LogP contribution in [0.25, 0.3) is 0 Å². The second kappa shape index (κ2) is 4.57. The van der Waals surface area contributed by atoms with Gasteiger partial charge in [-0.3, -0.25) is 0 Å². The van der Waals surface area contributed by atoms with Crippen LogP contribution in [-0.2, 0) is 0 Å². The molecule has 1 aromatic carbocycles. The maximum Gasteiger partial charge on any atom is 0.161 e. The van der Waals surface area contributed by atoms with Crippen molar-refractivity contribution in [2.45, 2.75) is 25.3 Å². The van der Waals surface area contributed by atoms with E-state index < -0.39 is 0 Å². The molecule has 0 saturated heterocycles. The van der Waals surface area contributed by atoms with Crippen LogP contribution in [0.15, 0.2) is 18.2 Å². The highest BCUT2D eigenvalue weighted by molar-refractivity contribution is 5.44. The molecular weight excluding hydrogens is 214 g/mol. The first-order valence-electron chi connectivity index (χ1n) is 6.43. The van der Waals surface area contributed by atoms with Crippen molar-refractivity contribution >= 4 is 0 Å². The number of benzene rings is 1. The molecular formula is C14H19NO2. The van der Waals surface area contributed by atoms with Crippen molar-refractivity contribution in [1.29, 1.82) is 0 Å². The molecule has 0 aromatic heterocycles. The van der Waals surface area contributed by atoms with Crippen molar-refractivity contribution in [3.8, 4) is 11.5 Å². The molecule has 1 aromatic rings. The maximum absolute atomic E-state index is 5.63. The number of ether oxygens (including phenoxy) is 2. The molecule has 1 unspecified atom stereocenters. The average Bonchev–Trinajstić information content (AvgIpc) is 3.19. The standard InChI is InChI=1S/C14H19NO2/c1-15-12(8-10-2-3-10)11-4-5-13-14(9-11)17-7-6-16-13/h4-5,9-10,12,15H,2-3,6-8H2,1H3. The third-order valence-electron chi connectivity index (χ3n) is 3.58. The summed E-state index contributed by atoms with van der Waals surface area (Å²) in [6.45, 7) is 1.31. The Kier molecular flexibility index (Phi) is 2.93. The normalized spacial score (nSPS) is 20.1. The van der Waals surface area contributed by atoms with Gasteiger partial charge in [0.2, 0.25) is 0 Å². The minimum atomic E-state index is 0.443. The van der Waals surface area contributed by atoms with Gasteiger partial charge in [-0.05, 0) is 37.1 Å². The summed E-state index contributed by atoms with van der Waals surface area (Å²) in [6, 6.07) is 6.74. The van der Waals surface area contributed by atoms with Crippen LogP contribution in [0.5, 0.6) is 11.5 Å². The lowest BCUT2D eigenvalue weighted by atomic mass is 10.0. The minimum absolute atomic E-state index is 0.443. The van der Waals surface area contributed by atoms with E-state index in [9.17, 15) is 0 Å². The highest BCUT2D eigenvalue weighted by Crippen LogP contribution is 2.39. The molecule has 1 N–H and O–H groups in total. The molecule has 0 bridgehead atoms. The quantitative estimate of drug-likeness (QED) is 0.866. The number of nitrogens with one attached hydrogen (secondary N) is 1. The maximum atomic E-state index is 5.63. The van der Waals surface area contributed by atoms with E-state index in [-0.39, 0.29) is 0 Å². The van der Waals surface area contributed by atoms with Gasteiger partial charge in [-0.1, -0.05) is 18.9 Å². The molecule has 3 nitrogen and oxygen atoms in total. The van der Waals surface area contributed by atoms with Gasteiger partial charge in [0, 0.05) is 6.04 Å². The van der Waals surface area contributed by atoms with Crippen molar-refractivity contribution in [2.24, 2.45) is 5.92 Å². The lowest BCUT2D eigenvalue weighted by molar-refractivity contribution is 0.171. The van der Waals surface area contributed by atoms with Crippen molar-refractivity contribution in [2.75, 3.05) is 20.3 Å². The monoisotopic (exact) mass is 233 g/mol. The molecule has 1 heterocycles. The van der Waals surface area contributed by atoms with Crippen molar-refractivity contribution in [1.82, 2.24) is 5.32 Å². The summed E-state index contributed by atoms with van der Waals surface area (Å²) in [5.74, 6) is 2.69. The Balaban J connectivity index is 1.80. The topological polar surface area (TPSA) is 30.5 Å². The van der Waals surface area contributed by atoms with Gasteiger partial charge < -0.3 is 14.8 Å². The summed E-state index contributed by atoms with van der Waals surface area (Å²) in [6.07, 6.45) is 4.02. The zero-order valence-corrected chi connectivity index (χ0v) is 10.2. The lowest BCUT2D eigenvalue weighted by Crippen LogP contribution is -2.19. The smallest absolute Gasteiger partial charge is 0.161 e. The zero-order valence-electron chi connectivity index (χ0n) is 10.2. The second-order valence-electron chi connectivity index (χ2n) is 4.92. The Morgan fingerprint density at radius 2 is 2.00 bits per heavy atom. The molecule has 0 radical (unpaired) electrons. The first kappa shape index (κ1) is 10.9. The van der Waals surface area contributed by atoms with E-state index in [1.54, 1.807) is 0 Å². The molecule has 1 aliphatic carbocycles. The number of hydrogen-bond acceptors (Lipinski definition) is 3. The fraction of sp³-hybridized carbons (Fsp3) is 0.571. The summed E-state index contributed by atoms with van der Waals surface area (Å²) >= 11 is 0. The van der Waals surface area contributed by atoms with Crippen LogP contribution in [0, 0.1) is 5.92 Å². The molecule has 1 saturated carbocycles. The lowest BCUT2D eigenvalue weighted by Gasteiger charge is -2.22. The Morgan fingerprint density at radius 3 is 2.71 bits per heavy atom. The molecule has 0 spiro atoms. The Bertz CT molecular complexity index is 401. The van der Waals surface area contributed by atoms with Gasteiger partial charge in [0.1, 0.15) is 13.2 Å². The van der Waals surface area contributed by atoms with E-state index in [0.717, 1.165) is 17.4 Å². The van der Waals surface area contributed by atoms with Crippen LogP contribution in [0.3, 0.4) is 0 Å². The first-order valence-corrected chi connectivity index (χ1v) is 6.43. The fourth-order valence-corrected chi connectivity index (χ4v) is 2.38. The second-order valence-corrected chi connectivity index (χ2v) is 4.92. The molecule has 17 heavy (non-hydrogen) atoms. The molecule has 0 amide bonds. The number of hydrogen-bond donors (Lipinski definition) is 1. The predicted octanol–water partition coefficient (Wildman–Crippen LogP) is 2.52. The highest BCUT2D eigenvalue weighted by atomic mass is 16.6. The van der Waals surface area contributed by atoms with Crippen LogP contribution >= 0.6 is 0 Å². The van der Waals surface area contributed by atoms with Crippen LogP contribution in [0.2, 0.25) is 0 Å². The third kappa shape index (κ3) is 2.39. The fourth-order valence-electron chi connectivity index (χ4n) is 2.38. The van der Waals surface area contributed by atoms with Gasteiger partial charge in [0.05, 0.1) is 0 Å². The molecule has 3 rings (SSSR count). The Labute approximate surface area is 102 Å². The summed E-state index contributed by atoms with van der Waals surface area (Å²) in [5.41, 5.74) is 1.31. The van der Waals surface area contributed by atoms with Gasteiger partial charge in [-0.15, -0.1) is 0 Å². The molecule has 3 heteroatoms. The Hall–Kier alpha value is -1.22. The van der Waals surface area contributed by atoms with Crippen molar-refractivity contribution in [3.63, 3.8) is 0 Å². The van der Waals surface area contributed by atoms with E-state index in [0.29, 0.717) is 19.3 Å². The summed E-state index contributed by atoms with van der Waals surface area (Å²) in [4.78, 5) is 0.